The molecule has 0 aromatic heterocycles. The van der Waals surface area contributed by atoms with Crippen LogP contribution < -0.4 is 0 Å². The van der Waals surface area contributed by atoms with Crippen molar-refractivity contribution in [3.05, 3.63) is 40.9 Å². The Morgan fingerprint density at radius 3 is 2.50 bits per heavy atom. The van der Waals surface area contributed by atoms with Crippen molar-refractivity contribution in [1.29, 1.82) is 0 Å². The van der Waals surface area contributed by atoms with Gasteiger partial charge in [0, 0.05) is 10.9 Å². The number of fused-ring (bicyclic) bond motifs is 1. The van der Waals surface area contributed by atoms with Gasteiger partial charge in [-0.15, -0.1) is 0 Å². The molecule has 0 spiro atoms. The molecule has 0 bridgehead atoms. The largest absolute Gasteiger partial charge is 0.506 e. The van der Waals surface area contributed by atoms with E-state index in [-0.39, 0.29) is 10.8 Å². The summed E-state index contributed by atoms with van der Waals surface area (Å²) in [6, 6.07) is 8.56. The van der Waals surface area contributed by atoms with E-state index < -0.39 is 0 Å². The molecule has 2 nitrogen and oxygen atoms in total. The SMILES string of the molecule is O=Cc1cc(Cl)c(O)c2ccccc12. The van der Waals surface area contributed by atoms with Crippen molar-refractivity contribution in [2.75, 3.05) is 0 Å². The summed E-state index contributed by atoms with van der Waals surface area (Å²) in [5.74, 6) is 0.0212. The van der Waals surface area contributed by atoms with Crippen molar-refractivity contribution in [2.45, 2.75) is 0 Å². The van der Waals surface area contributed by atoms with E-state index in [1.54, 1.807) is 18.2 Å². The standard InChI is InChI=1S/C11H7ClO2/c12-10-5-7(6-13)8-3-1-2-4-9(8)11(10)14/h1-6,14H. The monoisotopic (exact) mass is 206 g/mol. The van der Waals surface area contributed by atoms with Gasteiger partial charge in [0.1, 0.15) is 5.75 Å². The molecule has 70 valence electrons. The van der Waals surface area contributed by atoms with Crippen molar-refractivity contribution in [3.8, 4) is 5.75 Å². The van der Waals surface area contributed by atoms with E-state index in [1.165, 1.54) is 6.07 Å². The first kappa shape index (κ1) is 9.03. The lowest BCUT2D eigenvalue weighted by atomic mass is 10.0. The molecule has 2 aromatic rings. The fraction of sp³-hybridized carbons (Fsp3) is 0. The van der Waals surface area contributed by atoms with E-state index in [0.717, 1.165) is 6.29 Å². The predicted molar refractivity (Wildman–Crippen MR) is 56.0 cm³/mol. The summed E-state index contributed by atoms with van der Waals surface area (Å²) in [4.78, 5) is 10.7. The van der Waals surface area contributed by atoms with Gasteiger partial charge in [-0.3, -0.25) is 4.79 Å². The summed E-state index contributed by atoms with van der Waals surface area (Å²) in [7, 11) is 0. The van der Waals surface area contributed by atoms with Gasteiger partial charge in [0.15, 0.2) is 6.29 Å². The number of phenolic OH excluding ortho intramolecular Hbond substituents is 1. The Balaban J connectivity index is 2.96. The van der Waals surface area contributed by atoms with Gasteiger partial charge in [0.05, 0.1) is 5.02 Å². The molecule has 0 aliphatic carbocycles. The average Bonchev–Trinajstić information content (AvgIpc) is 2.23. The highest BCUT2D eigenvalue weighted by Crippen LogP contribution is 2.33. The number of phenols is 1. The molecule has 0 saturated heterocycles. The van der Waals surface area contributed by atoms with Gasteiger partial charge in [0.2, 0.25) is 0 Å². The lowest BCUT2D eigenvalue weighted by molar-refractivity contribution is 0.112. The van der Waals surface area contributed by atoms with Crippen LogP contribution in [0.3, 0.4) is 0 Å². The van der Waals surface area contributed by atoms with Crippen LogP contribution >= 0.6 is 11.6 Å². The maximum absolute atomic E-state index is 10.7. The fourth-order valence-electron chi connectivity index (χ4n) is 1.45. The molecule has 0 aliphatic heterocycles. The minimum absolute atomic E-state index is 0.0212. The number of halogens is 1. The molecule has 0 aliphatic rings. The van der Waals surface area contributed by atoms with Crippen molar-refractivity contribution in [3.63, 3.8) is 0 Å². The molecule has 0 atom stereocenters. The Morgan fingerprint density at radius 1 is 1.21 bits per heavy atom. The second kappa shape index (κ2) is 3.31. The molecule has 3 heteroatoms. The highest BCUT2D eigenvalue weighted by molar-refractivity contribution is 6.33. The maximum Gasteiger partial charge on any atom is 0.150 e. The maximum atomic E-state index is 10.7. The first-order valence-corrected chi connectivity index (χ1v) is 4.47. The Kier molecular flexibility index (Phi) is 2.14. The number of rotatable bonds is 1. The van der Waals surface area contributed by atoms with Crippen molar-refractivity contribution in [1.82, 2.24) is 0 Å². The Labute approximate surface area is 85.7 Å². The van der Waals surface area contributed by atoms with Gasteiger partial charge in [-0.25, -0.2) is 0 Å². The molecular weight excluding hydrogens is 200 g/mol. The zero-order chi connectivity index (χ0) is 10.1. The lowest BCUT2D eigenvalue weighted by Gasteiger charge is -2.04. The molecule has 1 N–H and O–H groups in total. The van der Waals surface area contributed by atoms with Crippen molar-refractivity contribution < 1.29 is 9.90 Å². The van der Waals surface area contributed by atoms with Crippen molar-refractivity contribution in [2.24, 2.45) is 0 Å². The van der Waals surface area contributed by atoms with Gasteiger partial charge in [-0.2, -0.15) is 0 Å². The van der Waals surface area contributed by atoms with E-state index in [0.29, 0.717) is 16.3 Å². The zero-order valence-electron chi connectivity index (χ0n) is 7.20. The number of carbonyl (C=O) groups is 1. The molecule has 0 amide bonds. The summed E-state index contributed by atoms with van der Waals surface area (Å²) in [6.45, 7) is 0. The summed E-state index contributed by atoms with van der Waals surface area (Å²) >= 11 is 5.76. The molecule has 2 aromatic carbocycles. The van der Waals surface area contributed by atoms with Crippen LogP contribution in [0, 0.1) is 0 Å². The number of hydrogen-bond donors (Lipinski definition) is 1. The van der Waals surface area contributed by atoms with Crippen LogP contribution in [0.2, 0.25) is 5.02 Å². The van der Waals surface area contributed by atoms with Gasteiger partial charge in [-0.1, -0.05) is 35.9 Å². The minimum atomic E-state index is 0.0212. The van der Waals surface area contributed by atoms with Gasteiger partial charge >= 0.3 is 0 Å². The second-order valence-corrected chi connectivity index (χ2v) is 3.37. The summed E-state index contributed by atoms with van der Waals surface area (Å²) in [5, 5.41) is 11.1. The normalized spacial score (nSPS) is 10.4. The smallest absolute Gasteiger partial charge is 0.150 e. The quantitative estimate of drug-likeness (QED) is 0.729. The highest BCUT2D eigenvalue weighted by atomic mass is 35.5. The highest BCUT2D eigenvalue weighted by Gasteiger charge is 2.08. The molecule has 0 saturated carbocycles. The van der Waals surface area contributed by atoms with Gasteiger partial charge in [-0.05, 0) is 11.5 Å². The molecular formula is C11H7ClO2. The van der Waals surface area contributed by atoms with Crippen LogP contribution in [0.1, 0.15) is 10.4 Å². The summed E-state index contributed by atoms with van der Waals surface area (Å²) in [6.07, 6.45) is 0.730. The number of benzene rings is 2. The van der Waals surface area contributed by atoms with Crippen LogP contribution in [0.5, 0.6) is 5.75 Å². The topological polar surface area (TPSA) is 37.3 Å². The van der Waals surface area contributed by atoms with Crippen molar-refractivity contribution >= 4 is 28.7 Å². The number of carbonyl (C=O) groups excluding carboxylic acids is 1. The Bertz CT molecular complexity index is 506. The molecule has 0 heterocycles. The third-order valence-corrected chi connectivity index (χ3v) is 2.42. The van der Waals surface area contributed by atoms with E-state index >= 15 is 0 Å². The van der Waals surface area contributed by atoms with Gasteiger partial charge < -0.3 is 5.11 Å². The number of aldehydes is 1. The second-order valence-electron chi connectivity index (χ2n) is 2.96. The first-order valence-electron chi connectivity index (χ1n) is 4.09. The molecule has 2 rings (SSSR count). The first-order chi connectivity index (χ1) is 6.74. The summed E-state index contributed by atoms with van der Waals surface area (Å²) in [5.41, 5.74) is 0.489. The zero-order valence-corrected chi connectivity index (χ0v) is 7.95. The summed E-state index contributed by atoms with van der Waals surface area (Å²) < 4.78 is 0. The van der Waals surface area contributed by atoms with Crippen LogP contribution in [-0.4, -0.2) is 11.4 Å². The molecule has 14 heavy (non-hydrogen) atoms. The fourth-order valence-corrected chi connectivity index (χ4v) is 1.67. The number of aromatic hydroxyl groups is 1. The lowest BCUT2D eigenvalue weighted by Crippen LogP contribution is -1.84. The van der Waals surface area contributed by atoms with Crippen LogP contribution in [0.15, 0.2) is 30.3 Å². The third-order valence-electron chi connectivity index (χ3n) is 2.13. The van der Waals surface area contributed by atoms with Crippen LogP contribution in [-0.2, 0) is 0 Å². The van der Waals surface area contributed by atoms with E-state index in [1.807, 2.05) is 6.07 Å². The van der Waals surface area contributed by atoms with Crippen LogP contribution in [0.4, 0.5) is 0 Å². The Hall–Kier alpha value is -1.54. The Morgan fingerprint density at radius 2 is 1.86 bits per heavy atom. The van der Waals surface area contributed by atoms with E-state index in [4.69, 9.17) is 11.6 Å². The minimum Gasteiger partial charge on any atom is -0.506 e. The van der Waals surface area contributed by atoms with E-state index in [9.17, 15) is 9.90 Å². The average molecular weight is 207 g/mol. The van der Waals surface area contributed by atoms with Crippen LogP contribution in [0.25, 0.3) is 10.8 Å². The predicted octanol–water partition coefficient (Wildman–Crippen LogP) is 3.01. The van der Waals surface area contributed by atoms with Gasteiger partial charge in [0.25, 0.3) is 0 Å². The number of hydrogen-bond acceptors (Lipinski definition) is 2. The van der Waals surface area contributed by atoms with E-state index in [2.05, 4.69) is 0 Å². The third kappa shape index (κ3) is 1.24. The molecule has 0 radical (unpaired) electrons. The molecule has 0 fully saturated rings. The molecule has 0 unspecified atom stereocenters.